The first-order valence-electron chi connectivity index (χ1n) is 30.8. The normalized spacial score (nSPS) is 15.8. The summed E-state index contributed by atoms with van der Waals surface area (Å²) in [7, 11) is 0. The standard InChI is InChI=1S/C77H55N/c1-75(2)67-36-18-15-31-63(67)64-50-49-60(51-72(64)75)78(58-45-41-52(42-46-58)61-34-21-39-70-73(61)65-32-16-19-37-68(65)76(70,54-23-7-3-8-24-54)55-25-9-4-10-26-55)59-47-43-53(44-48-59)62-35-22-40-71-74(62)66-33-17-20-38-69(66)77(71,56-27-11-5-12-28-56)57-29-13-6-14-30-57/h3-51H,1-2H3/i41D,42D,43D,44D,45D,46D,47D,48D. The van der Waals surface area contributed by atoms with E-state index in [4.69, 9.17) is 0 Å². The number of benzene rings is 12. The number of hydrogen-bond acceptors (Lipinski definition) is 1. The van der Waals surface area contributed by atoms with Gasteiger partial charge in [-0.1, -0.05) is 275 Å². The van der Waals surface area contributed by atoms with Crippen LogP contribution < -0.4 is 4.90 Å². The third kappa shape index (κ3) is 6.55. The molecule has 15 rings (SSSR count). The van der Waals surface area contributed by atoms with Crippen molar-refractivity contribution in [3.63, 3.8) is 0 Å². The van der Waals surface area contributed by atoms with Crippen LogP contribution in [0.5, 0.6) is 0 Å². The van der Waals surface area contributed by atoms with Crippen molar-refractivity contribution in [3.05, 3.63) is 353 Å². The molecule has 0 spiro atoms. The zero-order valence-corrected chi connectivity index (χ0v) is 43.1. The SMILES string of the molecule is [2H]c1c([2H])c(N(c2ccc3c(c2)C(C)(C)c2ccccc2-3)c2c([2H])c([2H])c(-c3cccc4c3-c3ccccc3C4(c3ccccc3)c3ccccc3)c([2H])c2[2H])c([2H])c([2H])c1-c1cccc2c1-c1ccccc1C2(c1ccccc1)c1ccccc1. The van der Waals surface area contributed by atoms with Crippen LogP contribution in [0.15, 0.2) is 297 Å². The third-order valence-corrected chi connectivity index (χ3v) is 17.0. The molecular formula is C77H55N. The van der Waals surface area contributed by atoms with Crippen LogP contribution in [0.2, 0.25) is 0 Å². The predicted octanol–water partition coefficient (Wildman–Crippen LogP) is 19.5. The lowest BCUT2D eigenvalue weighted by molar-refractivity contribution is 0.660. The van der Waals surface area contributed by atoms with Crippen molar-refractivity contribution in [1.82, 2.24) is 0 Å². The first-order chi connectivity index (χ1) is 41.8. The summed E-state index contributed by atoms with van der Waals surface area (Å²) in [6.07, 6.45) is 0. The predicted molar refractivity (Wildman–Crippen MR) is 324 cm³/mol. The van der Waals surface area contributed by atoms with Crippen molar-refractivity contribution in [2.75, 3.05) is 4.90 Å². The summed E-state index contributed by atoms with van der Waals surface area (Å²) in [5.74, 6) is 0. The average molecular weight is 1000 g/mol. The van der Waals surface area contributed by atoms with E-state index in [1.807, 2.05) is 152 Å². The summed E-state index contributed by atoms with van der Waals surface area (Å²) in [4.78, 5) is 1.45. The molecule has 0 saturated heterocycles. The van der Waals surface area contributed by atoms with Crippen LogP contribution in [-0.4, -0.2) is 0 Å². The summed E-state index contributed by atoms with van der Waals surface area (Å²) in [6, 6.07) is 80.9. The quantitative estimate of drug-likeness (QED) is 0.139. The van der Waals surface area contributed by atoms with Crippen LogP contribution in [0.1, 0.15) is 80.4 Å². The molecule has 12 aromatic carbocycles. The van der Waals surface area contributed by atoms with Crippen molar-refractivity contribution < 1.29 is 11.0 Å². The van der Waals surface area contributed by atoms with Crippen molar-refractivity contribution in [2.24, 2.45) is 0 Å². The maximum Gasteiger partial charge on any atom is 0.0713 e. The monoisotopic (exact) mass is 1000 g/mol. The molecule has 0 N–H and O–H groups in total. The maximum atomic E-state index is 10.3. The van der Waals surface area contributed by atoms with E-state index < -0.39 is 40.4 Å². The van der Waals surface area contributed by atoms with Crippen molar-refractivity contribution in [2.45, 2.75) is 30.1 Å². The molecule has 0 heterocycles. The molecule has 0 saturated carbocycles. The summed E-state index contributed by atoms with van der Waals surface area (Å²) in [5.41, 5.74) is 14.8. The number of anilines is 3. The molecule has 78 heavy (non-hydrogen) atoms. The smallest absolute Gasteiger partial charge is 0.0713 e. The molecule has 0 amide bonds. The fraction of sp³-hybridized carbons (Fsp3) is 0.0649. The van der Waals surface area contributed by atoms with Gasteiger partial charge in [-0.25, -0.2) is 0 Å². The van der Waals surface area contributed by atoms with Crippen molar-refractivity contribution >= 4 is 17.1 Å². The summed E-state index contributed by atoms with van der Waals surface area (Å²) in [6.45, 7) is 4.28. The Balaban J connectivity index is 0.971. The first-order valence-corrected chi connectivity index (χ1v) is 26.8. The molecule has 0 atom stereocenters. The van der Waals surface area contributed by atoms with Gasteiger partial charge < -0.3 is 4.90 Å². The van der Waals surface area contributed by atoms with E-state index in [1.54, 1.807) is 0 Å². The van der Waals surface area contributed by atoms with E-state index in [1.165, 1.54) is 4.90 Å². The van der Waals surface area contributed by atoms with Gasteiger partial charge >= 0.3 is 0 Å². The summed E-state index contributed by atoms with van der Waals surface area (Å²) in [5, 5.41) is 0. The third-order valence-electron chi connectivity index (χ3n) is 17.0. The lowest BCUT2D eigenvalue weighted by Gasteiger charge is -2.34. The zero-order valence-electron chi connectivity index (χ0n) is 51.1. The Kier molecular flexibility index (Phi) is 8.67. The highest BCUT2D eigenvalue weighted by Crippen LogP contribution is 2.60. The molecule has 0 radical (unpaired) electrons. The fourth-order valence-electron chi connectivity index (χ4n) is 13.7. The summed E-state index contributed by atoms with van der Waals surface area (Å²) >= 11 is 0. The number of nitrogens with zero attached hydrogens (tertiary/aromatic N) is 1. The topological polar surface area (TPSA) is 3.24 Å². The number of rotatable bonds is 9. The molecule has 1 heteroatoms. The van der Waals surface area contributed by atoms with Gasteiger partial charge in [0.05, 0.1) is 21.8 Å². The molecule has 3 aliphatic rings. The maximum absolute atomic E-state index is 10.3. The minimum atomic E-state index is -0.792. The van der Waals surface area contributed by atoms with E-state index >= 15 is 0 Å². The largest absolute Gasteiger partial charge is 0.310 e. The highest BCUT2D eigenvalue weighted by atomic mass is 15.1. The highest BCUT2D eigenvalue weighted by molar-refractivity contribution is 5.98. The van der Waals surface area contributed by atoms with Gasteiger partial charge in [-0.05, 0) is 148 Å². The van der Waals surface area contributed by atoms with Gasteiger partial charge in [0.15, 0.2) is 0 Å². The molecule has 0 aliphatic heterocycles. The minimum Gasteiger partial charge on any atom is -0.310 e. The lowest BCUT2D eigenvalue weighted by atomic mass is 9.67. The van der Waals surface area contributed by atoms with E-state index in [2.05, 4.69) is 111 Å². The van der Waals surface area contributed by atoms with Gasteiger partial charge in [-0.15, -0.1) is 0 Å². The Labute approximate surface area is 469 Å². The van der Waals surface area contributed by atoms with Gasteiger partial charge in [0.1, 0.15) is 0 Å². The Morgan fingerprint density at radius 3 is 1.03 bits per heavy atom. The molecule has 0 fully saturated rings. The van der Waals surface area contributed by atoms with Crippen LogP contribution in [0.3, 0.4) is 0 Å². The van der Waals surface area contributed by atoms with E-state index in [0.29, 0.717) is 16.8 Å². The van der Waals surface area contributed by atoms with Crippen molar-refractivity contribution in [3.8, 4) is 55.6 Å². The van der Waals surface area contributed by atoms with Gasteiger partial charge in [0.25, 0.3) is 0 Å². The van der Waals surface area contributed by atoms with Gasteiger partial charge in [-0.3, -0.25) is 0 Å². The van der Waals surface area contributed by atoms with Gasteiger partial charge in [0, 0.05) is 22.5 Å². The lowest BCUT2D eigenvalue weighted by Crippen LogP contribution is -2.28. The molecule has 3 aliphatic carbocycles. The van der Waals surface area contributed by atoms with Gasteiger partial charge in [0.2, 0.25) is 0 Å². The Morgan fingerprint density at radius 1 is 0.269 bits per heavy atom. The first kappa shape index (κ1) is 38.1. The molecule has 0 unspecified atom stereocenters. The van der Waals surface area contributed by atoms with Crippen LogP contribution in [0.25, 0.3) is 55.6 Å². The second-order valence-corrected chi connectivity index (χ2v) is 21.2. The fourth-order valence-corrected chi connectivity index (χ4v) is 13.7. The van der Waals surface area contributed by atoms with Crippen LogP contribution >= 0.6 is 0 Å². The highest BCUT2D eigenvalue weighted by Gasteiger charge is 2.48. The minimum absolute atomic E-state index is 0.105. The molecule has 368 valence electrons. The molecule has 1 nitrogen and oxygen atoms in total. The molecule has 12 aromatic rings. The van der Waals surface area contributed by atoms with Crippen molar-refractivity contribution in [1.29, 1.82) is 0 Å². The Hall–Kier alpha value is -9.56. The number of fused-ring (bicyclic) bond motifs is 9. The second-order valence-electron chi connectivity index (χ2n) is 21.2. The second kappa shape index (κ2) is 17.8. The van der Waals surface area contributed by atoms with Gasteiger partial charge in [-0.2, -0.15) is 0 Å². The van der Waals surface area contributed by atoms with E-state index in [0.717, 1.165) is 89.0 Å². The molecule has 0 aromatic heterocycles. The molecular weight excluding hydrogens is 939 g/mol. The average Bonchev–Trinajstić information content (AvgIpc) is 1.54. The summed E-state index contributed by atoms with van der Waals surface area (Å²) < 4.78 is 82.0. The Bertz CT molecular complexity index is 4380. The van der Waals surface area contributed by atoms with E-state index in [9.17, 15) is 11.0 Å². The number of hydrogen-bond donors (Lipinski definition) is 0. The van der Waals surface area contributed by atoms with E-state index in [-0.39, 0.29) is 46.7 Å². The molecule has 0 bridgehead atoms. The van der Waals surface area contributed by atoms with Crippen LogP contribution in [-0.2, 0) is 16.2 Å². The van der Waals surface area contributed by atoms with Crippen LogP contribution in [0, 0.1) is 0 Å². The Morgan fingerprint density at radius 2 is 0.603 bits per heavy atom. The zero-order chi connectivity index (χ0) is 59.0. The van der Waals surface area contributed by atoms with Crippen LogP contribution in [0.4, 0.5) is 17.1 Å².